The number of pyridine rings is 1. The van der Waals surface area contributed by atoms with Crippen molar-refractivity contribution in [3.8, 4) is 0 Å². The molecule has 2 aromatic rings. The topological polar surface area (TPSA) is 121 Å². The number of carboxylic acid groups (broad SMARTS) is 1. The first-order valence-electron chi connectivity index (χ1n) is 17.6. The molecule has 6 heterocycles. The molecule has 0 radical (unpaired) electrons. The Morgan fingerprint density at radius 1 is 1.17 bits per heavy atom. The lowest BCUT2D eigenvalue weighted by Crippen LogP contribution is -2.70. The first-order chi connectivity index (χ1) is 23.0. The molecule has 9 rings (SSSR count). The van der Waals surface area contributed by atoms with Crippen molar-refractivity contribution >= 4 is 34.2 Å². The fourth-order valence-corrected chi connectivity index (χ4v) is 9.62. The van der Waals surface area contributed by atoms with Crippen molar-refractivity contribution in [2.24, 2.45) is 23.7 Å². The van der Waals surface area contributed by atoms with Crippen LogP contribution in [-0.2, 0) is 24.0 Å². The van der Waals surface area contributed by atoms with Gasteiger partial charge in [0.1, 0.15) is 11.4 Å². The molecule has 1 aromatic carbocycles. The van der Waals surface area contributed by atoms with Gasteiger partial charge < -0.3 is 34.1 Å². The highest BCUT2D eigenvalue weighted by atomic mass is 35.5. The van der Waals surface area contributed by atoms with Crippen LogP contribution in [-0.4, -0.2) is 76.8 Å². The summed E-state index contributed by atoms with van der Waals surface area (Å²) < 4.78 is 36.5. The lowest BCUT2D eigenvalue weighted by molar-refractivity contribution is -0.577. The van der Waals surface area contributed by atoms with E-state index in [0.717, 1.165) is 70.5 Å². The third-order valence-electron chi connectivity index (χ3n) is 12.0. The fraction of sp³-hybridized carbons (Fsp3) is 0.714. The summed E-state index contributed by atoms with van der Waals surface area (Å²) in [6.07, 6.45) is 7.66. The second-order valence-corrected chi connectivity index (χ2v) is 15.6. The maximum Gasteiger partial charge on any atom is 0.341 e. The molecule has 5 saturated heterocycles. The average Bonchev–Trinajstić information content (AvgIpc) is 3.84. The number of ether oxygens (including phenoxy) is 3. The number of hydrogen-bond acceptors (Lipinski definition) is 9. The highest BCUT2D eigenvalue weighted by Gasteiger charge is 2.69. The second kappa shape index (κ2) is 12.2. The van der Waals surface area contributed by atoms with Crippen LogP contribution in [0.5, 0.6) is 0 Å². The molecular formula is C35H45ClFN3O8. The minimum atomic E-state index is -1.34. The zero-order chi connectivity index (χ0) is 33.5. The molecule has 0 amide bonds. The molecule has 11 nitrogen and oxygen atoms in total. The normalized spacial score (nSPS) is 37.8. The highest BCUT2D eigenvalue weighted by Crippen LogP contribution is 2.60. The van der Waals surface area contributed by atoms with Crippen molar-refractivity contribution in [1.82, 2.24) is 9.47 Å². The number of nitrogens with zero attached hydrogens (tertiary/aromatic N) is 2. The maximum atomic E-state index is 15.4. The summed E-state index contributed by atoms with van der Waals surface area (Å²) >= 11 is 6.77. The Kier molecular flexibility index (Phi) is 8.33. The second-order valence-electron chi connectivity index (χ2n) is 15.2. The van der Waals surface area contributed by atoms with E-state index in [-0.39, 0.29) is 45.6 Å². The van der Waals surface area contributed by atoms with Crippen molar-refractivity contribution in [2.75, 3.05) is 31.6 Å². The van der Waals surface area contributed by atoms with Crippen molar-refractivity contribution < 1.29 is 38.3 Å². The summed E-state index contributed by atoms with van der Waals surface area (Å²) in [5.41, 5.74) is -1.19. The van der Waals surface area contributed by atoms with Gasteiger partial charge in [0.05, 0.1) is 28.2 Å². The number of halogens is 2. The first kappa shape index (κ1) is 32.9. The minimum Gasteiger partial charge on any atom is -0.477 e. The summed E-state index contributed by atoms with van der Waals surface area (Å²) in [6, 6.07) is 1.12. The number of anilines is 1. The summed E-state index contributed by atoms with van der Waals surface area (Å²) in [5.74, 6) is -1.65. The Labute approximate surface area is 283 Å². The highest BCUT2D eigenvalue weighted by molar-refractivity contribution is 6.38. The van der Waals surface area contributed by atoms with Gasteiger partial charge in [-0.05, 0) is 69.8 Å². The van der Waals surface area contributed by atoms with Gasteiger partial charge in [-0.3, -0.25) is 4.79 Å². The van der Waals surface area contributed by atoms with Gasteiger partial charge in [-0.1, -0.05) is 25.4 Å². The zero-order valence-corrected chi connectivity index (χ0v) is 28.5. The quantitative estimate of drug-likeness (QED) is 0.242. The fourth-order valence-electron chi connectivity index (χ4n) is 9.27. The van der Waals surface area contributed by atoms with Crippen molar-refractivity contribution in [1.29, 1.82) is 0 Å². The number of aromatic nitrogens is 1. The summed E-state index contributed by atoms with van der Waals surface area (Å²) in [5, 5.41) is 12.9. The monoisotopic (exact) mass is 689 g/mol. The number of aromatic carboxylic acids is 1. The number of carboxylic acids is 1. The third-order valence-corrected chi connectivity index (χ3v) is 12.4. The molecule has 1 spiro atoms. The van der Waals surface area contributed by atoms with Crippen LogP contribution in [0.25, 0.3) is 10.9 Å². The number of nitrogens with one attached hydrogen (secondary N) is 1. The van der Waals surface area contributed by atoms with Crippen LogP contribution in [0.2, 0.25) is 5.02 Å². The molecule has 3 unspecified atom stereocenters. The number of rotatable bonds is 9. The predicted octanol–water partition coefficient (Wildman–Crippen LogP) is 5.93. The van der Waals surface area contributed by atoms with E-state index < -0.39 is 41.2 Å². The largest absolute Gasteiger partial charge is 0.477 e. The number of fused-ring (bicyclic) bond motifs is 3. The van der Waals surface area contributed by atoms with Crippen LogP contribution < -0.4 is 10.7 Å². The number of carbonyl (C=O) groups is 1. The first-order valence-corrected chi connectivity index (χ1v) is 18.0. The Balaban J connectivity index is 0.889. The Morgan fingerprint density at radius 2 is 1.98 bits per heavy atom. The average molecular weight is 690 g/mol. The molecule has 9 atom stereocenters. The van der Waals surface area contributed by atoms with Crippen LogP contribution in [0.15, 0.2) is 17.1 Å². The van der Waals surface area contributed by atoms with Gasteiger partial charge in [-0.25, -0.2) is 19.0 Å². The van der Waals surface area contributed by atoms with Gasteiger partial charge in [-0.15, -0.1) is 0 Å². The molecule has 7 fully saturated rings. The number of hydrogen-bond donors (Lipinski definition) is 2. The van der Waals surface area contributed by atoms with Gasteiger partial charge >= 0.3 is 5.97 Å². The number of likely N-dealkylation sites (tertiary alicyclic amines) is 1. The third kappa shape index (κ3) is 5.37. The van der Waals surface area contributed by atoms with Crippen LogP contribution in [0, 0.1) is 29.5 Å². The van der Waals surface area contributed by atoms with E-state index in [1.54, 1.807) is 4.57 Å². The van der Waals surface area contributed by atoms with Gasteiger partial charge in [0.25, 0.3) is 0 Å². The van der Waals surface area contributed by atoms with E-state index in [1.165, 1.54) is 6.20 Å². The predicted molar refractivity (Wildman–Crippen MR) is 174 cm³/mol. The van der Waals surface area contributed by atoms with Gasteiger partial charge in [-0.2, -0.15) is 0 Å². The molecule has 48 heavy (non-hydrogen) atoms. The zero-order valence-electron chi connectivity index (χ0n) is 27.7. The lowest BCUT2D eigenvalue weighted by atomic mass is 9.58. The smallest absolute Gasteiger partial charge is 0.341 e. The molecule has 5 aliphatic heterocycles. The van der Waals surface area contributed by atoms with E-state index in [0.29, 0.717) is 30.5 Å². The molecule has 7 aliphatic rings. The maximum absolute atomic E-state index is 15.4. The Hall–Kier alpha value is -2.32. The molecule has 13 heteroatoms. The molecule has 2 saturated carbocycles. The van der Waals surface area contributed by atoms with Crippen LogP contribution in [0.1, 0.15) is 88.5 Å². The Morgan fingerprint density at radius 3 is 2.75 bits per heavy atom. The van der Waals surface area contributed by atoms with Crippen LogP contribution in [0.3, 0.4) is 0 Å². The van der Waals surface area contributed by atoms with E-state index in [1.807, 2.05) is 6.92 Å². The minimum absolute atomic E-state index is 0.0136. The van der Waals surface area contributed by atoms with Crippen molar-refractivity contribution in [2.45, 2.75) is 108 Å². The van der Waals surface area contributed by atoms with Gasteiger partial charge in [0.2, 0.25) is 11.2 Å². The number of benzene rings is 1. The van der Waals surface area contributed by atoms with E-state index in [9.17, 15) is 14.7 Å². The van der Waals surface area contributed by atoms with Crippen LogP contribution >= 0.6 is 11.6 Å². The molecule has 2 N–H and O–H groups in total. The summed E-state index contributed by atoms with van der Waals surface area (Å²) in [4.78, 5) is 39.1. The van der Waals surface area contributed by atoms with Crippen molar-refractivity contribution in [3.05, 3.63) is 38.9 Å². The van der Waals surface area contributed by atoms with Crippen molar-refractivity contribution in [3.63, 3.8) is 0 Å². The molecule has 2 aliphatic carbocycles. The van der Waals surface area contributed by atoms with Crippen LogP contribution in [0.4, 0.5) is 10.1 Å². The van der Waals surface area contributed by atoms with Gasteiger partial charge in [0.15, 0.2) is 18.2 Å². The Bertz CT molecular complexity index is 1670. The van der Waals surface area contributed by atoms with E-state index in [2.05, 4.69) is 24.1 Å². The van der Waals surface area contributed by atoms with Gasteiger partial charge in [0, 0.05) is 56.2 Å². The SMILES string of the molecule is C[C@H]1[C@@H](OCCCN2CCC(Nc3c(F)cc4c(=O)c(C(=O)O)cn(C5CC5)c4c3Cl)C2)O[C@@H]2O[C@]3(C)CCC4[C@H](C)CC[C@@H]1C42OO3. The standard InChI is InChI=1S/C35H45ClFN3O8/c1-18-5-8-25-19(2)32(45-33-35(25)24(18)9-11-34(3,46-33)47-48-35)44-14-4-12-39-13-10-20(16-39)38-28-26(37)15-22-29(27(28)36)40(21-6-7-21)17-23(30(22)41)31(42)43/h15,17-21,24-25,32-33,38H,4-14,16H2,1-3H3,(H,42,43)/t18-,19-,20?,24?,25+,32+,33-,34+,35?/m1/s1. The lowest BCUT2D eigenvalue weighted by Gasteiger charge is -2.60. The summed E-state index contributed by atoms with van der Waals surface area (Å²) in [6.45, 7) is 9.32. The molecule has 262 valence electrons. The summed E-state index contributed by atoms with van der Waals surface area (Å²) in [7, 11) is 0. The molecule has 1 aromatic heterocycles. The van der Waals surface area contributed by atoms with E-state index in [4.69, 9.17) is 35.6 Å². The van der Waals surface area contributed by atoms with E-state index >= 15 is 4.39 Å². The molecular weight excluding hydrogens is 645 g/mol. The molecule has 2 bridgehead atoms.